The Bertz CT molecular complexity index is 606. The van der Waals surface area contributed by atoms with Gasteiger partial charge in [-0.2, -0.15) is 0 Å². The fourth-order valence-electron chi connectivity index (χ4n) is 4.93. The van der Waals surface area contributed by atoms with Crippen LogP contribution in [-0.2, 0) is 0 Å². The molecule has 1 saturated carbocycles. The van der Waals surface area contributed by atoms with Crippen LogP contribution in [0.5, 0.6) is 0 Å². The van der Waals surface area contributed by atoms with Crippen LogP contribution in [0.3, 0.4) is 0 Å². The molecule has 2 aromatic rings. The van der Waals surface area contributed by atoms with E-state index in [1.165, 1.54) is 31.5 Å². The molecule has 4 unspecified atom stereocenters. The number of nitrogens with zero attached hydrogens (tertiary/aromatic N) is 1. The summed E-state index contributed by atoms with van der Waals surface area (Å²) in [5.74, 6) is 3.05. The molecule has 0 bridgehead atoms. The Morgan fingerprint density at radius 1 is 0.773 bits per heavy atom. The molecule has 1 saturated heterocycles. The van der Waals surface area contributed by atoms with Gasteiger partial charge in [-0.1, -0.05) is 60.7 Å². The molecule has 22 heavy (non-hydrogen) atoms. The molecule has 114 valence electrons. The third-order valence-corrected chi connectivity index (χ3v) is 5.83. The van der Waals surface area contributed by atoms with Crippen LogP contribution in [0.15, 0.2) is 60.7 Å². The molecule has 1 heteroatoms. The summed E-state index contributed by atoms with van der Waals surface area (Å²) in [4.78, 5) is 2.54. The molecular weight excluding hydrogens is 266 g/mol. The Kier molecular flexibility index (Phi) is 3.75. The zero-order chi connectivity index (χ0) is 14.9. The molecule has 0 spiro atoms. The van der Waals surface area contributed by atoms with Crippen LogP contribution >= 0.6 is 0 Å². The van der Waals surface area contributed by atoms with Crippen molar-refractivity contribution in [2.75, 3.05) is 20.1 Å². The molecular formula is C21H25N. The summed E-state index contributed by atoms with van der Waals surface area (Å²) in [5.41, 5.74) is 3.07. The van der Waals surface area contributed by atoms with Crippen molar-refractivity contribution in [3.63, 3.8) is 0 Å². The largest absolute Gasteiger partial charge is 0.306 e. The maximum absolute atomic E-state index is 2.54. The third kappa shape index (κ3) is 2.48. The van der Waals surface area contributed by atoms with Gasteiger partial charge in [0.15, 0.2) is 0 Å². The lowest BCUT2D eigenvalue weighted by molar-refractivity contribution is 0.228. The predicted molar refractivity (Wildman–Crippen MR) is 92.1 cm³/mol. The van der Waals surface area contributed by atoms with Gasteiger partial charge in [-0.25, -0.2) is 0 Å². The smallest absolute Gasteiger partial charge is 0.00159 e. The van der Waals surface area contributed by atoms with E-state index in [2.05, 4.69) is 72.6 Å². The second kappa shape index (κ2) is 5.89. The summed E-state index contributed by atoms with van der Waals surface area (Å²) in [7, 11) is 2.29. The van der Waals surface area contributed by atoms with Crippen LogP contribution in [-0.4, -0.2) is 25.0 Å². The summed E-state index contributed by atoms with van der Waals surface area (Å²) >= 11 is 0. The van der Waals surface area contributed by atoms with E-state index in [0.29, 0.717) is 11.8 Å². The quantitative estimate of drug-likeness (QED) is 0.786. The summed E-state index contributed by atoms with van der Waals surface area (Å²) in [6.45, 7) is 2.54. The third-order valence-electron chi connectivity index (χ3n) is 5.83. The van der Waals surface area contributed by atoms with Gasteiger partial charge >= 0.3 is 0 Å². The standard InChI is InChI=1S/C21H25N/c1-22-14-18-12-13-19(16-8-4-2-5-9-16)21(20(18)15-22)17-10-6-3-7-11-17/h2-11,18-21H,12-15H2,1H3. The van der Waals surface area contributed by atoms with Crippen molar-refractivity contribution in [2.45, 2.75) is 24.7 Å². The minimum atomic E-state index is 0.673. The first-order chi connectivity index (χ1) is 10.8. The first-order valence-corrected chi connectivity index (χ1v) is 8.61. The topological polar surface area (TPSA) is 3.24 Å². The fraction of sp³-hybridized carbons (Fsp3) is 0.429. The first kappa shape index (κ1) is 14.0. The highest BCUT2D eigenvalue weighted by atomic mass is 15.1. The molecule has 1 aliphatic heterocycles. The van der Waals surface area contributed by atoms with Crippen LogP contribution < -0.4 is 0 Å². The van der Waals surface area contributed by atoms with Crippen molar-refractivity contribution in [1.29, 1.82) is 0 Å². The number of fused-ring (bicyclic) bond motifs is 1. The van der Waals surface area contributed by atoms with Gasteiger partial charge in [-0.05, 0) is 54.7 Å². The highest BCUT2D eigenvalue weighted by Gasteiger charge is 2.44. The van der Waals surface area contributed by atoms with Crippen molar-refractivity contribution in [3.05, 3.63) is 71.8 Å². The highest BCUT2D eigenvalue weighted by Crippen LogP contribution is 2.51. The van der Waals surface area contributed by atoms with Crippen molar-refractivity contribution in [2.24, 2.45) is 11.8 Å². The molecule has 2 fully saturated rings. The van der Waals surface area contributed by atoms with Gasteiger partial charge in [0.25, 0.3) is 0 Å². The molecule has 2 aliphatic rings. The van der Waals surface area contributed by atoms with Crippen molar-refractivity contribution in [3.8, 4) is 0 Å². The van der Waals surface area contributed by atoms with Gasteiger partial charge in [-0.3, -0.25) is 0 Å². The lowest BCUT2D eigenvalue weighted by Gasteiger charge is -2.40. The van der Waals surface area contributed by atoms with E-state index in [0.717, 1.165) is 11.8 Å². The second-order valence-corrected chi connectivity index (χ2v) is 7.18. The number of hydrogen-bond acceptors (Lipinski definition) is 1. The maximum atomic E-state index is 2.54. The van der Waals surface area contributed by atoms with Crippen molar-refractivity contribution in [1.82, 2.24) is 4.90 Å². The van der Waals surface area contributed by atoms with Gasteiger partial charge in [0.05, 0.1) is 0 Å². The van der Waals surface area contributed by atoms with Crippen molar-refractivity contribution >= 4 is 0 Å². The number of rotatable bonds is 2. The monoisotopic (exact) mass is 291 g/mol. The van der Waals surface area contributed by atoms with E-state index in [4.69, 9.17) is 0 Å². The summed E-state index contributed by atoms with van der Waals surface area (Å²) in [6, 6.07) is 22.5. The average Bonchev–Trinajstić information content (AvgIpc) is 2.95. The van der Waals surface area contributed by atoms with Gasteiger partial charge in [0.2, 0.25) is 0 Å². The van der Waals surface area contributed by atoms with E-state index >= 15 is 0 Å². The molecule has 2 aromatic carbocycles. The fourth-order valence-corrected chi connectivity index (χ4v) is 4.93. The van der Waals surface area contributed by atoms with Crippen LogP contribution in [0, 0.1) is 11.8 Å². The van der Waals surface area contributed by atoms with Crippen LogP contribution in [0.1, 0.15) is 35.8 Å². The Morgan fingerprint density at radius 2 is 1.41 bits per heavy atom. The summed E-state index contributed by atoms with van der Waals surface area (Å²) < 4.78 is 0. The Morgan fingerprint density at radius 3 is 2.09 bits per heavy atom. The Labute approximate surface area is 134 Å². The first-order valence-electron chi connectivity index (χ1n) is 8.61. The second-order valence-electron chi connectivity index (χ2n) is 7.18. The molecule has 0 aromatic heterocycles. The van der Waals surface area contributed by atoms with Crippen LogP contribution in [0.4, 0.5) is 0 Å². The zero-order valence-electron chi connectivity index (χ0n) is 13.4. The van der Waals surface area contributed by atoms with Crippen molar-refractivity contribution < 1.29 is 0 Å². The van der Waals surface area contributed by atoms with Gasteiger partial charge in [0, 0.05) is 13.1 Å². The van der Waals surface area contributed by atoms with Gasteiger partial charge < -0.3 is 4.90 Å². The van der Waals surface area contributed by atoms with Crippen LogP contribution in [0.25, 0.3) is 0 Å². The Hall–Kier alpha value is -1.60. The number of benzene rings is 2. The van der Waals surface area contributed by atoms with Crippen LogP contribution in [0.2, 0.25) is 0 Å². The molecule has 4 atom stereocenters. The summed E-state index contributed by atoms with van der Waals surface area (Å²) in [6.07, 6.45) is 2.72. The van der Waals surface area contributed by atoms with E-state index < -0.39 is 0 Å². The SMILES string of the molecule is CN1CC2CCC(c3ccccc3)C(c3ccccc3)C2C1. The zero-order valence-corrected chi connectivity index (χ0v) is 13.4. The molecule has 4 rings (SSSR count). The predicted octanol–water partition coefficient (Wildman–Crippen LogP) is 4.53. The highest BCUT2D eigenvalue weighted by molar-refractivity contribution is 5.31. The minimum absolute atomic E-state index is 0.673. The molecule has 1 nitrogen and oxygen atoms in total. The van der Waals surface area contributed by atoms with E-state index in [-0.39, 0.29) is 0 Å². The number of likely N-dealkylation sites (tertiary alicyclic amines) is 1. The lowest BCUT2D eigenvalue weighted by Crippen LogP contribution is -2.31. The molecule has 1 aliphatic carbocycles. The van der Waals surface area contributed by atoms with E-state index in [9.17, 15) is 0 Å². The molecule has 0 N–H and O–H groups in total. The summed E-state index contributed by atoms with van der Waals surface area (Å²) in [5, 5.41) is 0. The van der Waals surface area contributed by atoms with E-state index in [1.54, 1.807) is 5.56 Å². The maximum Gasteiger partial charge on any atom is 0.00159 e. The minimum Gasteiger partial charge on any atom is -0.306 e. The Balaban J connectivity index is 1.74. The average molecular weight is 291 g/mol. The molecule has 1 heterocycles. The normalized spacial score (nSPS) is 31.9. The van der Waals surface area contributed by atoms with E-state index in [1.807, 2.05) is 0 Å². The lowest BCUT2D eigenvalue weighted by atomic mass is 9.63. The number of hydrogen-bond donors (Lipinski definition) is 0. The molecule has 0 radical (unpaired) electrons. The molecule has 0 amide bonds. The van der Waals surface area contributed by atoms with Gasteiger partial charge in [-0.15, -0.1) is 0 Å². The van der Waals surface area contributed by atoms with Gasteiger partial charge in [0.1, 0.15) is 0 Å².